The molecule has 0 unspecified atom stereocenters. The lowest BCUT2D eigenvalue weighted by Crippen LogP contribution is -2.38. The molecule has 0 fully saturated rings. The molecule has 0 atom stereocenters. The highest BCUT2D eigenvalue weighted by Gasteiger charge is 2.51. The minimum atomic E-state index is -5.03. The Bertz CT molecular complexity index is 1130. The Balaban J connectivity index is 2.59. The highest BCUT2D eigenvalue weighted by Crippen LogP contribution is 2.53. The molecular formula is C19H12Cl4O5S. The van der Waals surface area contributed by atoms with Crippen LogP contribution in [0.25, 0.3) is 0 Å². The Morgan fingerprint density at radius 3 is 1.55 bits per heavy atom. The molecule has 152 valence electrons. The molecular weight excluding hydrogens is 482 g/mol. The van der Waals surface area contributed by atoms with Gasteiger partial charge in [-0.25, -0.2) is 0 Å². The van der Waals surface area contributed by atoms with Crippen LogP contribution in [0.2, 0.25) is 20.1 Å². The molecule has 0 radical (unpaired) electrons. The summed E-state index contributed by atoms with van der Waals surface area (Å²) in [5.74, 6) is -1.44. The van der Waals surface area contributed by atoms with Gasteiger partial charge in [-0.1, -0.05) is 70.7 Å². The van der Waals surface area contributed by atoms with Gasteiger partial charge >= 0.3 is 0 Å². The highest BCUT2D eigenvalue weighted by molar-refractivity contribution is 7.87. The van der Waals surface area contributed by atoms with Gasteiger partial charge in [-0.05, 0) is 35.4 Å². The van der Waals surface area contributed by atoms with Crippen LogP contribution in [0.4, 0.5) is 0 Å². The van der Waals surface area contributed by atoms with Crippen molar-refractivity contribution in [3.8, 4) is 11.5 Å². The van der Waals surface area contributed by atoms with Crippen molar-refractivity contribution < 1.29 is 23.2 Å². The van der Waals surface area contributed by atoms with Crippen molar-refractivity contribution >= 4 is 56.5 Å². The maximum absolute atomic E-state index is 13.0. The van der Waals surface area contributed by atoms with E-state index in [4.69, 9.17) is 46.4 Å². The van der Waals surface area contributed by atoms with Gasteiger partial charge in [0.2, 0.25) is 0 Å². The smallest absolute Gasteiger partial charge is 0.283 e. The summed E-state index contributed by atoms with van der Waals surface area (Å²) in [6, 6.07) is 12.1. The summed E-state index contributed by atoms with van der Waals surface area (Å²) in [6.07, 6.45) is 0. The quantitative estimate of drug-likeness (QED) is 0.239. The number of hydrogen-bond donors (Lipinski definition) is 3. The Morgan fingerprint density at radius 1 is 0.759 bits per heavy atom. The van der Waals surface area contributed by atoms with Crippen LogP contribution in [0.5, 0.6) is 11.5 Å². The second kappa shape index (κ2) is 7.87. The molecule has 3 aromatic carbocycles. The van der Waals surface area contributed by atoms with Crippen LogP contribution < -0.4 is 0 Å². The summed E-state index contributed by atoms with van der Waals surface area (Å²) < 4.78 is 34.0. The van der Waals surface area contributed by atoms with Crippen LogP contribution in [0, 0.1) is 0 Å². The van der Waals surface area contributed by atoms with E-state index in [0.29, 0.717) is 10.0 Å². The third-order valence-electron chi connectivity index (χ3n) is 4.41. The van der Waals surface area contributed by atoms with Gasteiger partial charge in [-0.2, -0.15) is 8.42 Å². The van der Waals surface area contributed by atoms with E-state index < -0.39 is 31.4 Å². The first-order valence-electron chi connectivity index (χ1n) is 7.89. The molecule has 29 heavy (non-hydrogen) atoms. The van der Waals surface area contributed by atoms with Crippen molar-refractivity contribution in [2.45, 2.75) is 4.75 Å². The van der Waals surface area contributed by atoms with E-state index in [1.54, 1.807) is 0 Å². The van der Waals surface area contributed by atoms with E-state index >= 15 is 0 Å². The van der Waals surface area contributed by atoms with E-state index in [9.17, 15) is 23.2 Å². The van der Waals surface area contributed by atoms with Crippen LogP contribution in [0.15, 0.2) is 54.6 Å². The van der Waals surface area contributed by atoms with Crippen LogP contribution in [-0.4, -0.2) is 23.2 Å². The normalized spacial score (nSPS) is 12.2. The lowest BCUT2D eigenvalue weighted by atomic mass is 9.83. The lowest BCUT2D eigenvalue weighted by molar-refractivity contribution is 0.402. The molecule has 3 aromatic rings. The van der Waals surface area contributed by atoms with E-state index in [1.165, 1.54) is 48.5 Å². The molecule has 3 rings (SSSR count). The van der Waals surface area contributed by atoms with Crippen LogP contribution in [0.1, 0.15) is 16.7 Å². The zero-order valence-corrected chi connectivity index (χ0v) is 18.1. The van der Waals surface area contributed by atoms with Crippen molar-refractivity contribution in [1.29, 1.82) is 0 Å². The average Bonchev–Trinajstić information content (AvgIpc) is 2.64. The molecule has 0 aliphatic rings. The predicted octanol–water partition coefficient (Wildman–Crippen LogP) is 5.89. The SMILES string of the molecule is O=S(=O)(O)C(c1ccc(Cl)cc1)(c1ccc(Cl)cc1)c1c(Cl)cc(O)c(O)c1Cl. The Labute approximate surface area is 186 Å². The maximum atomic E-state index is 13.0. The second-order valence-corrected chi connectivity index (χ2v) is 9.31. The second-order valence-electron chi connectivity index (χ2n) is 6.09. The van der Waals surface area contributed by atoms with Gasteiger partial charge in [0.05, 0.1) is 10.0 Å². The van der Waals surface area contributed by atoms with E-state index in [1.807, 2.05) is 0 Å². The molecule has 0 bridgehead atoms. The number of benzene rings is 3. The van der Waals surface area contributed by atoms with Crippen molar-refractivity contribution in [3.05, 3.63) is 91.4 Å². The number of phenolic OH excluding ortho intramolecular Hbond substituents is 2. The zero-order valence-electron chi connectivity index (χ0n) is 14.3. The highest BCUT2D eigenvalue weighted by atomic mass is 35.5. The van der Waals surface area contributed by atoms with Gasteiger partial charge in [-0.15, -0.1) is 0 Å². The number of aromatic hydroxyl groups is 2. The fraction of sp³-hybridized carbons (Fsp3) is 0.0526. The minimum Gasteiger partial charge on any atom is -0.504 e. The van der Waals surface area contributed by atoms with E-state index in [0.717, 1.165) is 6.07 Å². The van der Waals surface area contributed by atoms with Crippen LogP contribution >= 0.6 is 46.4 Å². The Morgan fingerprint density at radius 2 is 1.17 bits per heavy atom. The molecule has 0 saturated carbocycles. The first-order chi connectivity index (χ1) is 13.5. The average molecular weight is 494 g/mol. The predicted molar refractivity (Wildman–Crippen MR) is 114 cm³/mol. The van der Waals surface area contributed by atoms with Crippen molar-refractivity contribution in [2.24, 2.45) is 0 Å². The van der Waals surface area contributed by atoms with Crippen LogP contribution in [0.3, 0.4) is 0 Å². The number of rotatable bonds is 4. The number of phenols is 2. The summed E-state index contributed by atoms with van der Waals surface area (Å²) in [4.78, 5) is 0. The molecule has 0 aliphatic carbocycles. The number of halogens is 4. The van der Waals surface area contributed by atoms with Gasteiger partial charge in [0, 0.05) is 21.7 Å². The van der Waals surface area contributed by atoms with Crippen molar-refractivity contribution in [1.82, 2.24) is 0 Å². The summed E-state index contributed by atoms with van der Waals surface area (Å²) >= 11 is 24.4. The molecule has 5 nitrogen and oxygen atoms in total. The van der Waals surface area contributed by atoms with Gasteiger partial charge in [0.15, 0.2) is 16.2 Å². The third kappa shape index (κ3) is 3.65. The van der Waals surface area contributed by atoms with Gasteiger partial charge in [-0.3, -0.25) is 4.55 Å². The fourth-order valence-electron chi connectivity index (χ4n) is 3.17. The van der Waals surface area contributed by atoms with Crippen molar-refractivity contribution in [2.75, 3.05) is 0 Å². The van der Waals surface area contributed by atoms with Crippen molar-refractivity contribution in [3.63, 3.8) is 0 Å². The lowest BCUT2D eigenvalue weighted by Gasteiger charge is -2.34. The molecule has 0 aromatic heterocycles. The summed E-state index contributed by atoms with van der Waals surface area (Å²) in [5, 5.41) is 19.8. The molecule has 0 amide bonds. The fourth-order valence-corrected chi connectivity index (χ4v) is 5.60. The Kier molecular flexibility index (Phi) is 5.98. The first kappa shape index (κ1) is 22.0. The maximum Gasteiger partial charge on any atom is 0.283 e. The monoisotopic (exact) mass is 492 g/mol. The van der Waals surface area contributed by atoms with Gasteiger partial charge in [0.1, 0.15) is 0 Å². The molecule has 0 spiro atoms. The van der Waals surface area contributed by atoms with E-state index in [2.05, 4.69) is 0 Å². The number of hydrogen-bond acceptors (Lipinski definition) is 4. The molecule has 3 N–H and O–H groups in total. The summed E-state index contributed by atoms with van der Waals surface area (Å²) in [7, 11) is -5.03. The molecule has 10 heteroatoms. The van der Waals surface area contributed by atoms with Gasteiger partial charge in [0.25, 0.3) is 10.1 Å². The molecule has 0 aliphatic heterocycles. The molecule has 0 heterocycles. The topological polar surface area (TPSA) is 94.8 Å². The van der Waals surface area contributed by atoms with E-state index in [-0.39, 0.29) is 21.7 Å². The largest absolute Gasteiger partial charge is 0.504 e. The third-order valence-corrected chi connectivity index (χ3v) is 7.03. The standard InChI is InChI=1S/C19H12Cl4O5S/c20-12-5-1-10(2-6-12)19(29(26,27)28,11-3-7-13(21)8-4-11)16-14(22)9-15(24)18(25)17(16)23/h1-9,24-25H,(H,26,27,28). The summed E-state index contributed by atoms with van der Waals surface area (Å²) in [6.45, 7) is 0. The first-order valence-corrected chi connectivity index (χ1v) is 10.8. The minimum absolute atomic E-state index is 0.0422. The zero-order chi connectivity index (χ0) is 21.6. The molecule has 0 saturated heterocycles. The Hall–Kier alpha value is -1.67. The van der Waals surface area contributed by atoms with Crippen LogP contribution in [-0.2, 0) is 14.9 Å². The van der Waals surface area contributed by atoms with Gasteiger partial charge < -0.3 is 10.2 Å². The summed E-state index contributed by atoms with van der Waals surface area (Å²) in [5.41, 5.74) is -0.260.